The molecule has 1 aliphatic rings. The number of amides is 3. The average molecular weight is 657 g/mol. The third-order valence-corrected chi connectivity index (χ3v) is 7.58. The lowest BCUT2D eigenvalue weighted by Crippen LogP contribution is -2.50. The van der Waals surface area contributed by atoms with E-state index in [1.807, 2.05) is 75.4 Å². The summed E-state index contributed by atoms with van der Waals surface area (Å²) in [7, 11) is 0. The van der Waals surface area contributed by atoms with Gasteiger partial charge in [-0.25, -0.2) is 4.79 Å². The lowest BCUT2D eigenvalue weighted by Gasteiger charge is -2.36. The molecule has 47 heavy (non-hydrogen) atoms. The van der Waals surface area contributed by atoms with Gasteiger partial charge in [-0.15, -0.1) is 5.10 Å². The van der Waals surface area contributed by atoms with Crippen LogP contribution in [0.2, 0.25) is 5.02 Å². The van der Waals surface area contributed by atoms with Crippen molar-refractivity contribution in [2.24, 2.45) is 0 Å². The SMILES string of the molecule is CC(C)(C)OC(=O)N1CCN(c2ccc(NC(=O)[C@H](Cc3ccccc3)NC(=O)C=Cc3cc(Cl)ccc3-n3cnnn3)cc2)CC1. The predicted octanol–water partition coefficient (Wildman–Crippen LogP) is 4.75. The van der Waals surface area contributed by atoms with Crippen molar-refractivity contribution >= 4 is 47.0 Å². The number of piperazine rings is 1. The molecule has 0 unspecified atom stereocenters. The van der Waals surface area contributed by atoms with Gasteiger partial charge in [-0.05, 0) is 85.3 Å². The summed E-state index contributed by atoms with van der Waals surface area (Å²) >= 11 is 6.21. The van der Waals surface area contributed by atoms with Crippen molar-refractivity contribution in [3.05, 3.63) is 101 Å². The molecule has 2 heterocycles. The molecule has 0 spiro atoms. The Morgan fingerprint density at radius 2 is 1.70 bits per heavy atom. The van der Waals surface area contributed by atoms with Crippen LogP contribution in [-0.4, -0.2) is 80.8 Å². The maximum atomic E-state index is 13.5. The molecule has 244 valence electrons. The molecule has 1 atom stereocenters. The van der Waals surface area contributed by atoms with Crippen LogP contribution in [0.3, 0.4) is 0 Å². The van der Waals surface area contributed by atoms with E-state index in [1.165, 1.54) is 17.1 Å². The summed E-state index contributed by atoms with van der Waals surface area (Å²) in [6.45, 7) is 8.00. The first-order chi connectivity index (χ1) is 22.5. The fourth-order valence-electron chi connectivity index (χ4n) is 5.04. The number of ether oxygens (including phenoxy) is 1. The van der Waals surface area contributed by atoms with E-state index in [0.717, 1.165) is 11.3 Å². The molecule has 2 N–H and O–H groups in total. The third kappa shape index (κ3) is 9.39. The topological polar surface area (TPSA) is 135 Å². The molecule has 3 amide bonds. The number of hydrogen-bond acceptors (Lipinski definition) is 8. The van der Waals surface area contributed by atoms with Gasteiger partial charge >= 0.3 is 6.09 Å². The smallest absolute Gasteiger partial charge is 0.410 e. The zero-order chi connectivity index (χ0) is 33.4. The highest BCUT2D eigenvalue weighted by Crippen LogP contribution is 2.22. The highest BCUT2D eigenvalue weighted by molar-refractivity contribution is 6.30. The van der Waals surface area contributed by atoms with Crippen LogP contribution in [0.5, 0.6) is 0 Å². The molecular formula is C34H37ClN8O4. The molecule has 0 saturated carbocycles. The maximum absolute atomic E-state index is 13.5. The quantitative estimate of drug-likeness (QED) is 0.247. The monoisotopic (exact) mass is 656 g/mol. The van der Waals surface area contributed by atoms with Crippen LogP contribution >= 0.6 is 11.6 Å². The largest absolute Gasteiger partial charge is 0.444 e. The third-order valence-electron chi connectivity index (χ3n) is 7.35. The zero-order valence-electron chi connectivity index (χ0n) is 26.5. The number of nitrogens with one attached hydrogen (secondary N) is 2. The van der Waals surface area contributed by atoms with E-state index in [1.54, 1.807) is 29.2 Å². The first-order valence-corrected chi connectivity index (χ1v) is 15.6. The van der Waals surface area contributed by atoms with E-state index in [0.29, 0.717) is 54.6 Å². The number of carbonyl (C=O) groups excluding carboxylic acids is 3. The van der Waals surface area contributed by atoms with Crippen molar-refractivity contribution < 1.29 is 19.1 Å². The Morgan fingerprint density at radius 1 is 0.979 bits per heavy atom. The number of rotatable bonds is 9. The minimum absolute atomic E-state index is 0.291. The predicted molar refractivity (Wildman–Crippen MR) is 180 cm³/mol. The second kappa shape index (κ2) is 14.9. The Bertz CT molecular complexity index is 1700. The molecule has 1 saturated heterocycles. The molecular weight excluding hydrogens is 620 g/mol. The average Bonchev–Trinajstić information content (AvgIpc) is 3.59. The van der Waals surface area contributed by atoms with Gasteiger partial charge in [0.25, 0.3) is 0 Å². The first-order valence-electron chi connectivity index (χ1n) is 15.2. The van der Waals surface area contributed by atoms with Crippen LogP contribution in [-0.2, 0) is 20.7 Å². The summed E-state index contributed by atoms with van der Waals surface area (Å²) in [6, 6.07) is 21.3. The van der Waals surface area contributed by atoms with Crippen molar-refractivity contribution in [2.45, 2.75) is 38.8 Å². The van der Waals surface area contributed by atoms with E-state index in [4.69, 9.17) is 16.3 Å². The summed E-state index contributed by atoms with van der Waals surface area (Å²) in [6.07, 6.45) is 4.38. The fraction of sp³-hybridized carbons (Fsp3) is 0.294. The molecule has 0 radical (unpaired) electrons. The highest BCUT2D eigenvalue weighted by atomic mass is 35.5. The van der Waals surface area contributed by atoms with Gasteiger partial charge in [0.15, 0.2) is 0 Å². The van der Waals surface area contributed by atoms with Crippen LogP contribution in [0, 0.1) is 0 Å². The minimum Gasteiger partial charge on any atom is -0.444 e. The van der Waals surface area contributed by atoms with Crippen molar-refractivity contribution in [2.75, 3.05) is 36.4 Å². The number of benzene rings is 3. The Kier molecular flexibility index (Phi) is 10.5. The van der Waals surface area contributed by atoms with Gasteiger partial charge in [0.2, 0.25) is 11.8 Å². The Morgan fingerprint density at radius 3 is 2.36 bits per heavy atom. The fourth-order valence-corrected chi connectivity index (χ4v) is 5.22. The molecule has 4 aromatic rings. The molecule has 12 nitrogen and oxygen atoms in total. The number of tetrazole rings is 1. The van der Waals surface area contributed by atoms with Gasteiger partial charge in [0.1, 0.15) is 18.0 Å². The summed E-state index contributed by atoms with van der Waals surface area (Å²) in [4.78, 5) is 42.9. The zero-order valence-corrected chi connectivity index (χ0v) is 27.2. The number of hydrogen-bond donors (Lipinski definition) is 2. The number of aromatic nitrogens is 4. The number of carbonyl (C=O) groups is 3. The van der Waals surface area contributed by atoms with Gasteiger partial charge < -0.3 is 25.2 Å². The van der Waals surface area contributed by atoms with Gasteiger partial charge in [0, 0.05) is 60.6 Å². The highest BCUT2D eigenvalue weighted by Gasteiger charge is 2.26. The number of anilines is 2. The Labute approximate surface area is 278 Å². The second-order valence-electron chi connectivity index (χ2n) is 12.0. The molecule has 1 aromatic heterocycles. The standard InChI is InChI=1S/C34H37ClN8O4/c1-34(2,3)47-33(46)42-19-17-41(18-20-42)28-13-11-27(12-14-28)37-32(45)29(21-24-7-5-4-6-8-24)38-31(44)16-9-25-22-26(35)10-15-30(25)43-23-36-39-40-43/h4-16,22-23,29H,17-21H2,1-3H3,(H,37,45)(H,38,44)/t29-/m0/s1. The van der Waals surface area contributed by atoms with Crippen molar-refractivity contribution in [1.82, 2.24) is 30.4 Å². The minimum atomic E-state index is -0.853. The number of nitrogens with zero attached hydrogens (tertiary/aromatic N) is 6. The van der Waals surface area contributed by atoms with Gasteiger partial charge in [-0.3, -0.25) is 9.59 Å². The van der Waals surface area contributed by atoms with Gasteiger partial charge in [0.05, 0.1) is 5.69 Å². The first kappa shape index (κ1) is 33.1. The van der Waals surface area contributed by atoms with E-state index in [-0.39, 0.29) is 12.0 Å². The van der Waals surface area contributed by atoms with Gasteiger partial charge in [-0.1, -0.05) is 41.9 Å². The van der Waals surface area contributed by atoms with E-state index in [9.17, 15) is 14.4 Å². The summed E-state index contributed by atoms with van der Waals surface area (Å²) < 4.78 is 6.96. The van der Waals surface area contributed by atoms with Crippen LogP contribution in [0.25, 0.3) is 11.8 Å². The molecule has 5 rings (SSSR count). The molecule has 0 bridgehead atoms. The second-order valence-corrected chi connectivity index (χ2v) is 12.5. The number of halogens is 1. The molecule has 0 aliphatic carbocycles. The van der Waals surface area contributed by atoms with E-state index >= 15 is 0 Å². The van der Waals surface area contributed by atoms with Crippen molar-refractivity contribution in [3.63, 3.8) is 0 Å². The molecule has 13 heteroatoms. The van der Waals surface area contributed by atoms with E-state index in [2.05, 4.69) is 31.1 Å². The summed E-state index contributed by atoms with van der Waals surface area (Å²) in [5, 5.41) is 17.5. The molecule has 1 fully saturated rings. The van der Waals surface area contributed by atoms with Crippen LogP contribution in [0.4, 0.5) is 16.2 Å². The Balaban J connectivity index is 1.23. The van der Waals surface area contributed by atoms with Crippen molar-refractivity contribution in [1.29, 1.82) is 0 Å². The van der Waals surface area contributed by atoms with Crippen LogP contribution in [0.1, 0.15) is 31.9 Å². The van der Waals surface area contributed by atoms with Gasteiger partial charge in [-0.2, -0.15) is 4.68 Å². The lowest BCUT2D eigenvalue weighted by molar-refractivity contribution is -0.123. The molecule has 3 aromatic carbocycles. The lowest BCUT2D eigenvalue weighted by atomic mass is 10.0. The van der Waals surface area contributed by atoms with Crippen LogP contribution < -0.4 is 15.5 Å². The van der Waals surface area contributed by atoms with Crippen LogP contribution in [0.15, 0.2) is 85.2 Å². The van der Waals surface area contributed by atoms with Crippen molar-refractivity contribution in [3.8, 4) is 5.69 Å². The maximum Gasteiger partial charge on any atom is 0.410 e. The summed E-state index contributed by atoms with van der Waals surface area (Å²) in [5.74, 6) is -0.809. The Hall–Kier alpha value is -5.23. The normalized spacial score (nSPS) is 14.1. The van der Waals surface area contributed by atoms with E-state index < -0.39 is 17.6 Å². The molecule has 1 aliphatic heterocycles. The summed E-state index contributed by atoms with van der Waals surface area (Å²) in [5.41, 5.74) is 3.19.